The molecule has 0 aliphatic rings. The summed E-state index contributed by atoms with van der Waals surface area (Å²) in [6, 6.07) is 8.54. The van der Waals surface area contributed by atoms with Crippen LogP contribution in [-0.4, -0.2) is 0 Å². The summed E-state index contributed by atoms with van der Waals surface area (Å²) in [5, 5.41) is 0. The molecule has 0 amide bonds. The molecule has 0 atom stereocenters. The molecule has 0 heterocycles. The summed E-state index contributed by atoms with van der Waals surface area (Å²) in [7, 11) is 0. The van der Waals surface area contributed by atoms with Gasteiger partial charge in [-0.15, -0.1) is 0 Å². The second kappa shape index (κ2) is 10.3. The van der Waals surface area contributed by atoms with E-state index in [1.807, 2.05) is 27.7 Å². The van der Waals surface area contributed by atoms with Crippen molar-refractivity contribution in [3.63, 3.8) is 0 Å². The van der Waals surface area contributed by atoms with Crippen molar-refractivity contribution >= 4 is 0 Å². The second-order valence-electron chi connectivity index (χ2n) is 3.01. The van der Waals surface area contributed by atoms with Crippen LogP contribution in [0, 0.1) is 6.92 Å². The van der Waals surface area contributed by atoms with Gasteiger partial charge in [-0.05, 0) is 24.0 Å². The molecule has 1 aromatic carbocycles. The van der Waals surface area contributed by atoms with Gasteiger partial charge in [0.25, 0.3) is 0 Å². The Morgan fingerprint density at radius 2 is 1.29 bits per heavy atom. The maximum absolute atomic E-state index is 2.22. The van der Waals surface area contributed by atoms with Gasteiger partial charge in [0.05, 0.1) is 0 Å². The fourth-order valence-electron chi connectivity index (χ4n) is 1.23. The molecule has 82 valence electrons. The minimum Gasteiger partial charge on any atom is -0.0683 e. The zero-order valence-corrected chi connectivity index (χ0v) is 10.9. The molecule has 0 unspecified atom stereocenters. The van der Waals surface area contributed by atoms with Gasteiger partial charge in [-0.25, -0.2) is 0 Å². The fraction of sp³-hybridized carbons (Fsp3) is 0.571. The fourth-order valence-corrected chi connectivity index (χ4v) is 1.23. The predicted molar refractivity (Wildman–Crippen MR) is 68.0 cm³/mol. The first kappa shape index (κ1) is 15.7. The third-order valence-corrected chi connectivity index (χ3v) is 1.81. The van der Waals surface area contributed by atoms with Gasteiger partial charge in [-0.3, -0.25) is 0 Å². The lowest BCUT2D eigenvalue weighted by Crippen LogP contribution is -1.89. The molecule has 1 rings (SSSR count). The summed E-state index contributed by atoms with van der Waals surface area (Å²) in [6.45, 7) is 14.6. The SMILES string of the molecule is CC.CC.Cc1ccccc1C(C)C. The largest absolute Gasteiger partial charge is 0.0683 e. The van der Waals surface area contributed by atoms with Crippen LogP contribution in [0.5, 0.6) is 0 Å². The summed E-state index contributed by atoms with van der Waals surface area (Å²) < 4.78 is 0. The summed E-state index contributed by atoms with van der Waals surface area (Å²) >= 11 is 0. The van der Waals surface area contributed by atoms with Gasteiger partial charge in [0.1, 0.15) is 0 Å². The Kier molecular flexibility index (Phi) is 11.5. The molecule has 0 saturated carbocycles. The highest BCUT2D eigenvalue weighted by molar-refractivity contribution is 5.27. The molecule has 0 fully saturated rings. The molecule has 0 saturated heterocycles. The van der Waals surface area contributed by atoms with E-state index in [4.69, 9.17) is 0 Å². The predicted octanol–water partition coefficient (Wildman–Crippen LogP) is 5.17. The lowest BCUT2D eigenvalue weighted by molar-refractivity contribution is 0.856. The number of aryl methyl sites for hydroxylation is 1. The first-order valence-electron chi connectivity index (χ1n) is 5.77. The smallest absolute Gasteiger partial charge is 0.0216 e. The molecule has 0 spiro atoms. The molecule has 0 heteroatoms. The zero-order valence-electron chi connectivity index (χ0n) is 10.9. The molecule has 0 aliphatic carbocycles. The third-order valence-electron chi connectivity index (χ3n) is 1.81. The lowest BCUT2D eigenvalue weighted by Gasteiger charge is -2.07. The van der Waals surface area contributed by atoms with Crippen molar-refractivity contribution in [2.75, 3.05) is 0 Å². The summed E-state index contributed by atoms with van der Waals surface area (Å²) in [6.07, 6.45) is 0. The number of hydrogen-bond acceptors (Lipinski definition) is 0. The van der Waals surface area contributed by atoms with Gasteiger partial charge in [-0.2, -0.15) is 0 Å². The van der Waals surface area contributed by atoms with E-state index in [0.29, 0.717) is 5.92 Å². The van der Waals surface area contributed by atoms with Gasteiger partial charge in [0, 0.05) is 0 Å². The maximum atomic E-state index is 2.22. The van der Waals surface area contributed by atoms with Crippen molar-refractivity contribution in [3.8, 4) is 0 Å². The molecule has 0 N–H and O–H groups in total. The number of benzene rings is 1. The van der Waals surface area contributed by atoms with Crippen LogP contribution in [0.4, 0.5) is 0 Å². The highest BCUT2D eigenvalue weighted by Crippen LogP contribution is 2.17. The van der Waals surface area contributed by atoms with Crippen molar-refractivity contribution in [1.82, 2.24) is 0 Å². The van der Waals surface area contributed by atoms with E-state index in [2.05, 4.69) is 45.0 Å². The number of hydrogen-bond donors (Lipinski definition) is 0. The van der Waals surface area contributed by atoms with Crippen LogP contribution in [0.15, 0.2) is 24.3 Å². The van der Waals surface area contributed by atoms with Crippen molar-refractivity contribution < 1.29 is 0 Å². The van der Waals surface area contributed by atoms with Crippen LogP contribution in [-0.2, 0) is 0 Å². The minimum atomic E-state index is 0.654. The number of rotatable bonds is 1. The van der Waals surface area contributed by atoms with E-state index in [1.54, 1.807) is 0 Å². The molecule has 0 aliphatic heterocycles. The lowest BCUT2D eigenvalue weighted by atomic mass is 9.99. The Labute approximate surface area is 90.4 Å². The third kappa shape index (κ3) is 5.80. The molecule has 0 radical (unpaired) electrons. The van der Waals surface area contributed by atoms with Gasteiger partial charge in [0.15, 0.2) is 0 Å². The molecule has 14 heavy (non-hydrogen) atoms. The van der Waals surface area contributed by atoms with E-state index >= 15 is 0 Å². The van der Waals surface area contributed by atoms with Crippen LogP contribution in [0.3, 0.4) is 0 Å². The second-order valence-corrected chi connectivity index (χ2v) is 3.01. The topological polar surface area (TPSA) is 0 Å². The van der Waals surface area contributed by atoms with Crippen molar-refractivity contribution in [2.24, 2.45) is 0 Å². The van der Waals surface area contributed by atoms with Crippen LogP contribution in [0.2, 0.25) is 0 Å². The van der Waals surface area contributed by atoms with Crippen molar-refractivity contribution in [3.05, 3.63) is 35.4 Å². The summed E-state index contributed by atoms with van der Waals surface area (Å²) in [5.41, 5.74) is 2.86. The normalized spacial score (nSPS) is 8.29. The highest BCUT2D eigenvalue weighted by atomic mass is 14.0. The average Bonchev–Trinajstić information content (AvgIpc) is 2.24. The first-order valence-corrected chi connectivity index (χ1v) is 5.77. The molecule has 0 nitrogen and oxygen atoms in total. The zero-order chi connectivity index (χ0) is 11.6. The highest BCUT2D eigenvalue weighted by Gasteiger charge is 1.99. The van der Waals surface area contributed by atoms with Crippen molar-refractivity contribution in [1.29, 1.82) is 0 Å². The van der Waals surface area contributed by atoms with Crippen LogP contribution < -0.4 is 0 Å². The molecular formula is C14H26. The summed E-state index contributed by atoms with van der Waals surface area (Å²) in [4.78, 5) is 0. The Balaban J connectivity index is 0. The van der Waals surface area contributed by atoms with Gasteiger partial charge < -0.3 is 0 Å². The van der Waals surface area contributed by atoms with Gasteiger partial charge >= 0.3 is 0 Å². The van der Waals surface area contributed by atoms with Crippen LogP contribution in [0.1, 0.15) is 58.6 Å². The van der Waals surface area contributed by atoms with E-state index < -0.39 is 0 Å². The van der Waals surface area contributed by atoms with Gasteiger partial charge in [-0.1, -0.05) is 65.8 Å². The van der Waals surface area contributed by atoms with Crippen molar-refractivity contribution in [2.45, 2.75) is 54.4 Å². The molecule has 0 bridgehead atoms. The summed E-state index contributed by atoms with van der Waals surface area (Å²) in [5.74, 6) is 0.654. The average molecular weight is 194 g/mol. The molecule has 0 aromatic heterocycles. The molecule has 1 aromatic rings. The quantitative estimate of drug-likeness (QED) is 0.578. The molecular weight excluding hydrogens is 168 g/mol. The standard InChI is InChI=1S/C10H14.2C2H6/c1-8(2)10-7-5-4-6-9(10)3;2*1-2/h4-8H,1-3H3;2*1-2H3. The maximum Gasteiger partial charge on any atom is -0.0216 e. The Hall–Kier alpha value is -0.780. The Morgan fingerprint density at radius 3 is 1.57 bits per heavy atom. The van der Waals surface area contributed by atoms with Crippen LogP contribution >= 0.6 is 0 Å². The Morgan fingerprint density at radius 1 is 0.857 bits per heavy atom. The monoisotopic (exact) mass is 194 g/mol. The van der Waals surface area contributed by atoms with E-state index in [1.165, 1.54) is 11.1 Å². The van der Waals surface area contributed by atoms with Crippen LogP contribution in [0.25, 0.3) is 0 Å². The first-order chi connectivity index (χ1) is 6.72. The van der Waals surface area contributed by atoms with E-state index in [-0.39, 0.29) is 0 Å². The minimum absolute atomic E-state index is 0.654. The van der Waals surface area contributed by atoms with E-state index in [9.17, 15) is 0 Å². The Bertz CT molecular complexity index is 211. The van der Waals surface area contributed by atoms with E-state index in [0.717, 1.165) is 0 Å². The van der Waals surface area contributed by atoms with Gasteiger partial charge in [0.2, 0.25) is 0 Å².